The maximum atomic E-state index is 5.42. The normalized spacial score (nSPS) is 16.5. The average molecular weight is 309 g/mol. The molecule has 72 valence electrons. The van der Waals surface area contributed by atoms with Crippen molar-refractivity contribution in [3.8, 4) is 0 Å². The number of rotatable bonds is 4. The third kappa shape index (κ3) is 2.82. The van der Waals surface area contributed by atoms with Gasteiger partial charge in [-0.25, -0.2) is 0 Å². The first-order chi connectivity index (χ1) is 6.25. The zero-order chi connectivity index (χ0) is 9.26. The van der Waals surface area contributed by atoms with E-state index in [4.69, 9.17) is 4.42 Å². The van der Waals surface area contributed by atoms with Crippen molar-refractivity contribution < 1.29 is 4.42 Å². The molecule has 0 spiro atoms. The summed E-state index contributed by atoms with van der Waals surface area (Å²) in [5.74, 6) is 1.89. The van der Waals surface area contributed by atoms with Crippen LogP contribution >= 0.6 is 31.9 Å². The predicted octanol–water partition coefficient (Wildman–Crippen LogP) is 3.30. The minimum atomic E-state index is 0.774. The maximum Gasteiger partial charge on any atom is 0.183 e. The highest BCUT2D eigenvalue weighted by atomic mass is 79.9. The summed E-state index contributed by atoms with van der Waals surface area (Å²) in [6, 6.07) is 1.99. The van der Waals surface area contributed by atoms with Crippen LogP contribution in [0.15, 0.2) is 19.6 Å². The molecule has 0 aromatic carbocycles. The summed E-state index contributed by atoms with van der Waals surface area (Å²) in [4.78, 5) is 0. The van der Waals surface area contributed by atoms with Gasteiger partial charge in [0.05, 0.1) is 11.0 Å². The van der Waals surface area contributed by atoms with E-state index >= 15 is 0 Å². The first kappa shape index (κ1) is 9.74. The molecule has 0 aliphatic heterocycles. The van der Waals surface area contributed by atoms with Crippen LogP contribution in [0.1, 0.15) is 18.6 Å². The van der Waals surface area contributed by atoms with E-state index in [0.29, 0.717) is 0 Å². The van der Waals surface area contributed by atoms with Crippen LogP contribution < -0.4 is 5.32 Å². The van der Waals surface area contributed by atoms with Gasteiger partial charge in [-0.3, -0.25) is 0 Å². The topological polar surface area (TPSA) is 25.2 Å². The van der Waals surface area contributed by atoms with Gasteiger partial charge < -0.3 is 9.73 Å². The molecule has 1 aromatic heterocycles. The van der Waals surface area contributed by atoms with E-state index in [1.807, 2.05) is 6.07 Å². The van der Waals surface area contributed by atoms with Crippen molar-refractivity contribution in [2.75, 3.05) is 6.54 Å². The highest BCUT2D eigenvalue weighted by molar-refractivity contribution is 9.13. The van der Waals surface area contributed by atoms with Gasteiger partial charge in [-0.1, -0.05) is 0 Å². The maximum absolute atomic E-state index is 5.42. The van der Waals surface area contributed by atoms with Crippen LogP contribution in [-0.4, -0.2) is 6.54 Å². The molecule has 1 fully saturated rings. The van der Waals surface area contributed by atoms with Gasteiger partial charge in [0.15, 0.2) is 4.67 Å². The molecule has 0 saturated heterocycles. The summed E-state index contributed by atoms with van der Waals surface area (Å²) in [6.07, 6.45) is 2.77. The molecule has 0 radical (unpaired) electrons. The molecule has 2 rings (SSSR count). The minimum Gasteiger partial charge on any atom is -0.452 e. The Morgan fingerprint density at radius 1 is 1.46 bits per heavy atom. The molecule has 0 unspecified atom stereocenters. The van der Waals surface area contributed by atoms with Crippen LogP contribution in [0.5, 0.6) is 0 Å². The van der Waals surface area contributed by atoms with Crippen LogP contribution in [-0.2, 0) is 6.54 Å². The number of halogens is 2. The first-order valence-electron chi connectivity index (χ1n) is 4.40. The lowest BCUT2D eigenvalue weighted by molar-refractivity contribution is 0.461. The lowest BCUT2D eigenvalue weighted by atomic mass is 10.4. The lowest BCUT2D eigenvalue weighted by Gasteiger charge is -1.98. The molecule has 1 heterocycles. The van der Waals surface area contributed by atoms with Crippen molar-refractivity contribution in [3.63, 3.8) is 0 Å². The van der Waals surface area contributed by atoms with Crippen molar-refractivity contribution in [1.29, 1.82) is 0 Å². The number of furan rings is 1. The van der Waals surface area contributed by atoms with Crippen LogP contribution in [0.4, 0.5) is 0 Å². The van der Waals surface area contributed by atoms with E-state index in [-0.39, 0.29) is 0 Å². The van der Waals surface area contributed by atoms with Gasteiger partial charge in [-0.05, 0) is 63.2 Å². The van der Waals surface area contributed by atoms with Gasteiger partial charge in [0.25, 0.3) is 0 Å². The molecule has 1 aliphatic rings. The van der Waals surface area contributed by atoms with Gasteiger partial charge in [0.2, 0.25) is 0 Å². The molecule has 2 nitrogen and oxygen atoms in total. The molecule has 1 N–H and O–H groups in total. The van der Waals surface area contributed by atoms with Crippen LogP contribution in [0.2, 0.25) is 0 Å². The zero-order valence-corrected chi connectivity index (χ0v) is 10.3. The number of nitrogens with one attached hydrogen (secondary N) is 1. The summed E-state index contributed by atoms with van der Waals surface area (Å²) >= 11 is 6.69. The largest absolute Gasteiger partial charge is 0.452 e. The lowest BCUT2D eigenvalue weighted by Crippen LogP contribution is -2.15. The van der Waals surface area contributed by atoms with Crippen molar-refractivity contribution in [2.24, 2.45) is 5.92 Å². The molecule has 4 heteroatoms. The fourth-order valence-corrected chi connectivity index (χ4v) is 1.86. The van der Waals surface area contributed by atoms with Crippen LogP contribution in [0, 0.1) is 5.92 Å². The first-order valence-corrected chi connectivity index (χ1v) is 5.98. The Kier molecular flexibility index (Phi) is 3.11. The SMILES string of the molecule is Brc1cc(CNCC2CC2)oc1Br. The summed E-state index contributed by atoms with van der Waals surface area (Å²) in [5.41, 5.74) is 0. The van der Waals surface area contributed by atoms with Gasteiger partial charge in [0, 0.05) is 0 Å². The monoisotopic (exact) mass is 307 g/mol. The molecule has 1 aromatic rings. The molecular weight excluding hydrogens is 298 g/mol. The Morgan fingerprint density at radius 3 is 2.77 bits per heavy atom. The summed E-state index contributed by atoms with van der Waals surface area (Å²) in [6.45, 7) is 1.94. The Balaban J connectivity index is 1.79. The number of hydrogen-bond donors (Lipinski definition) is 1. The standard InChI is InChI=1S/C9H11Br2NO/c10-8-3-7(13-9(8)11)5-12-4-6-1-2-6/h3,6,12H,1-2,4-5H2. The quantitative estimate of drug-likeness (QED) is 0.923. The van der Waals surface area contributed by atoms with Gasteiger partial charge in [0.1, 0.15) is 5.76 Å². The van der Waals surface area contributed by atoms with Gasteiger partial charge in [-0.15, -0.1) is 0 Å². The van der Waals surface area contributed by atoms with Crippen molar-refractivity contribution in [2.45, 2.75) is 19.4 Å². The Morgan fingerprint density at radius 2 is 2.23 bits per heavy atom. The third-order valence-electron chi connectivity index (χ3n) is 2.13. The summed E-state index contributed by atoms with van der Waals surface area (Å²) in [7, 11) is 0. The van der Waals surface area contributed by atoms with E-state index < -0.39 is 0 Å². The van der Waals surface area contributed by atoms with Crippen LogP contribution in [0.3, 0.4) is 0 Å². The van der Waals surface area contributed by atoms with Gasteiger partial charge in [-0.2, -0.15) is 0 Å². The second-order valence-corrected chi connectivity index (χ2v) is 4.98. The second kappa shape index (κ2) is 4.15. The zero-order valence-electron chi connectivity index (χ0n) is 7.15. The van der Waals surface area contributed by atoms with E-state index in [9.17, 15) is 0 Å². The molecule has 0 atom stereocenters. The fraction of sp³-hybridized carbons (Fsp3) is 0.556. The average Bonchev–Trinajstić information content (AvgIpc) is 2.82. The van der Waals surface area contributed by atoms with E-state index in [0.717, 1.165) is 33.9 Å². The molecule has 0 amide bonds. The smallest absolute Gasteiger partial charge is 0.183 e. The van der Waals surface area contributed by atoms with Crippen LogP contribution in [0.25, 0.3) is 0 Å². The van der Waals surface area contributed by atoms with Crippen molar-refractivity contribution in [1.82, 2.24) is 5.32 Å². The third-order valence-corrected chi connectivity index (χ3v) is 3.84. The summed E-state index contributed by atoms with van der Waals surface area (Å²) in [5, 5.41) is 3.37. The highest BCUT2D eigenvalue weighted by Gasteiger charge is 2.20. The molecule has 0 bridgehead atoms. The Hall–Kier alpha value is 0.200. The van der Waals surface area contributed by atoms with E-state index in [1.165, 1.54) is 12.8 Å². The molecular formula is C9H11Br2NO. The second-order valence-electron chi connectivity index (χ2n) is 3.41. The van der Waals surface area contributed by atoms with Gasteiger partial charge >= 0.3 is 0 Å². The molecule has 1 saturated carbocycles. The van der Waals surface area contributed by atoms with E-state index in [2.05, 4.69) is 37.2 Å². The molecule has 1 aliphatic carbocycles. The number of hydrogen-bond acceptors (Lipinski definition) is 2. The fourth-order valence-electron chi connectivity index (χ4n) is 1.20. The predicted molar refractivity (Wildman–Crippen MR) is 58.5 cm³/mol. The van der Waals surface area contributed by atoms with E-state index in [1.54, 1.807) is 0 Å². The Bertz CT molecular complexity index is 274. The summed E-state index contributed by atoms with van der Waals surface area (Å²) < 4.78 is 7.18. The van der Waals surface area contributed by atoms with Crippen molar-refractivity contribution >= 4 is 31.9 Å². The molecule has 13 heavy (non-hydrogen) atoms. The van der Waals surface area contributed by atoms with Crippen molar-refractivity contribution in [3.05, 3.63) is 21.0 Å². The minimum absolute atomic E-state index is 0.774. The Labute approximate surface area is 94.3 Å². The highest BCUT2D eigenvalue weighted by Crippen LogP contribution is 2.28.